The highest BCUT2D eigenvalue weighted by Gasteiger charge is 2.40. The van der Waals surface area contributed by atoms with E-state index in [1.807, 2.05) is 0 Å². The number of nitrogens with two attached hydrogens (primary N) is 1. The fourth-order valence-electron chi connectivity index (χ4n) is 1.93. The minimum absolute atomic E-state index is 0.304. The van der Waals surface area contributed by atoms with Gasteiger partial charge in [0, 0.05) is 0 Å². The zero-order valence-corrected chi connectivity index (χ0v) is 12.5. The Balaban J connectivity index is 2.18. The molecule has 8 heteroatoms. The van der Waals surface area contributed by atoms with Gasteiger partial charge in [-0.2, -0.15) is 0 Å². The lowest BCUT2D eigenvalue weighted by atomic mass is 9.77. The Morgan fingerprint density at radius 1 is 1.40 bits per heavy atom. The standard InChI is InChI=1S/C12H16ClN3O3S/c1-20(18,19)16-8-3-4-9(13)10(7-8)15-11(17)12(14)5-2-6-12/h3-4,7,16H,2,5-6,14H2,1H3,(H,15,17). The van der Waals surface area contributed by atoms with Crippen LogP contribution in [0.25, 0.3) is 0 Å². The summed E-state index contributed by atoms with van der Waals surface area (Å²) in [5, 5.41) is 2.97. The number of hydrogen-bond donors (Lipinski definition) is 3. The molecule has 1 aromatic carbocycles. The van der Waals surface area contributed by atoms with Crippen LogP contribution in [-0.4, -0.2) is 26.1 Å². The lowest BCUT2D eigenvalue weighted by Gasteiger charge is -2.36. The largest absolute Gasteiger partial charge is 0.323 e. The minimum Gasteiger partial charge on any atom is -0.323 e. The minimum atomic E-state index is -3.39. The topological polar surface area (TPSA) is 101 Å². The number of benzene rings is 1. The van der Waals surface area contributed by atoms with Crippen molar-refractivity contribution >= 4 is 38.9 Å². The molecule has 1 aromatic rings. The van der Waals surface area contributed by atoms with Gasteiger partial charge in [0.1, 0.15) is 0 Å². The second-order valence-electron chi connectivity index (χ2n) is 5.03. The van der Waals surface area contributed by atoms with E-state index >= 15 is 0 Å². The molecule has 0 unspecified atom stereocenters. The Morgan fingerprint density at radius 3 is 2.55 bits per heavy atom. The van der Waals surface area contributed by atoms with Gasteiger partial charge in [-0.25, -0.2) is 8.42 Å². The molecule has 1 aliphatic rings. The van der Waals surface area contributed by atoms with Gasteiger partial charge in [-0.1, -0.05) is 11.6 Å². The zero-order chi connectivity index (χ0) is 15.0. The molecule has 0 spiro atoms. The summed E-state index contributed by atoms with van der Waals surface area (Å²) in [5.74, 6) is -0.304. The van der Waals surface area contributed by atoms with E-state index in [0.29, 0.717) is 29.2 Å². The van der Waals surface area contributed by atoms with Crippen molar-refractivity contribution < 1.29 is 13.2 Å². The molecule has 110 valence electrons. The molecule has 0 heterocycles. The van der Waals surface area contributed by atoms with E-state index in [-0.39, 0.29) is 5.91 Å². The predicted octanol–water partition coefficient (Wildman–Crippen LogP) is 1.53. The number of sulfonamides is 1. The van der Waals surface area contributed by atoms with Crippen molar-refractivity contribution in [2.75, 3.05) is 16.3 Å². The van der Waals surface area contributed by atoms with Crippen LogP contribution in [0.3, 0.4) is 0 Å². The van der Waals surface area contributed by atoms with Crippen LogP contribution in [0.1, 0.15) is 19.3 Å². The first-order valence-electron chi connectivity index (χ1n) is 6.07. The first kappa shape index (κ1) is 15.1. The molecular weight excluding hydrogens is 302 g/mol. The van der Waals surface area contributed by atoms with Crippen LogP contribution in [0.4, 0.5) is 11.4 Å². The first-order valence-corrected chi connectivity index (χ1v) is 8.34. The summed E-state index contributed by atoms with van der Waals surface area (Å²) in [4.78, 5) is 12.0. The Bertz CT molecular complexity index is 641. The molecule has 0 aromatic heterocycles. The predicted molar refractivity (Wildman–Crippen MR) is 79.3 cm³/mol. The molecule has 20 heavy (non-hydrogen) atoms. The third kappa shape index (κ3) is 3.41. The summed E-state index contributed by atoms with van der Waals surface area (Å²) < 4.78 is 24.7. The van der Waals surface area contributed by atoms with Gasteiger partial charge in [-0.3, -0.25) is 9.52 Å². The molecule has 1 saturated carbocycles. The first-order chi connectivity index (χ1) is 9.20. The van der Waals surface area contributed by atoms with Gasteiger partial charge in [0.2, 0.25) is 15.9 Å². The summed E-state index contributed by atoms with van der Waals surface area (Å²) in [7, 11) is -3.39. The van der Waals surface area contributed by atoms with Crippen LogP contribution in [-0.2, 0) is 14.8 Å². The summed E-state index contributed by atoms with van der Waals surface area (Å²) in [6.45, 7) is 0. The van der Waals surface area contributed by atoms with E-state index in [4.69, 9.17) is 17.3 Å². The van der Waals surface area contributed by atoms with Crippen LogP contribution in [0, 0.1) is 0 Å². The Labute approximate surface area is 122 Å². The molecule has 1 aliphatic carbocycles. The summed E-state index contributed by atoms with van der Waals surface area (Å²) in [5.41, 5.74) is 5.73. The van der Waals surface area contributed by atoms with Gasteiger partial charge in [-0.05, 0) is 37.5 Å². The highest BCUT2D eigenvalue weighted by atomic mass is 35.5. The van der Waals surface area contributed by atoms with E-state index in [9.17, 15) is 13.2 Å². The highest BCUT2D eigenvalue weighted by molar-refractivity contribution is 7.92. The van der Waals surface area contributed by atoms with Crippen molar-refractivity contribution in [3.05, 3.63) is 23.2 Å². The van der Waals surface area contributed by atoms with E-state index in [0.717, 1.165) is 12.7 Å². The van der Waals surface area contributed by atoms with Gasteiger partial charge in [0.05, 0.1) is 28.2 Å². The lowest BCUT2D eigenvalue weighted by molar-refractivity contribution is -0.123. The number of hydrogen-bond acceptors (Lipinski definition) is 4. The number of carbonyl (C=O) groups is 1. The number of amides is 1. The number of rotatable bonds is 4. The Hall–Kier alpha value is -1.31. The van der Waals surface area contributed by atoms with E-state index in [2.05, 4.69) is 10.0 Å². The molecule has 1 fully saturated rings. The van der Waals surface area contributed by atoms with Crippen molar-refractivity contribution in [2.24, 2.45) is 5.73 Å². The average molecular weight is 318 g/mol. The molecule has 1 amide bonds. The quantitative estimate of drug-likeness (QED) is 0.783. The molecule has 0 saturated heterocycles. The average Bonchev–Trinajstić information content (AvgIpc) is 2.28. The van der Waals surface area contributed by atoms with E-state index < -0.39 is 15.6 Å². The fraction of sp³-hybridized carbons (Fsp3) is 0.417. The van der Waals surface area contributed by atoms with E-state index in [1.54, 1.807) is 0 Å². The molecule has 2 rings (SSSR count). The van der Waals surface area contributed by atoms with Crippen molar-refractivity contribution in [3.8, 4) is 0 Å². The maximum Gasteiger partial charge on any atom is 0.244 e. The molecule has 4 N–H and O–H groups in total. The molecule has 0 radical (unpaired) electrons. The van der Waals surface area contributed by atoms with E-state index in [1.165, 1.54) is 18.2 Å². The maximum absolute atomic E-state index is 12.0. The van der Waals surface area contributed by atoms with Crippen LogP contribution >= 0.6 is 11.6 Å². The maximum atomic E-state index is 12.0. The van der Waals surface area contributed by atoms with Gasteiger partial charge in [0.15, 0.2) is 0 Å². The molecule has 0 bridgehead atoms. The summed E-state index contributed by atoms with van der Waals surface area (Å²) in [6, 6.07) is 4.48. The van der Waals surface area contributed by atoms with Crippen molar-refractivity contribution in [1.82, 2.24) is 0 Å². The number of anilines is 2. The van der Waals surface area contributed by atoms with Crippen LogP contribution in [0.2, 0.25) is 5.02 Å². The zero-order valence-electron chi connectivity index (χ0n) is 10.9. The highest BCUT2D eigenvalue weighted by Crippen LogP contribution is 2.32. The van der Waals surface area contributed by atoms with Crippen molar-refractivity contribution in [1.29, 1.82) is 0 Å². The Morgan fingerprint density at radius 2 is 2.05 bits per heavy atom. The number of carbonyl (C=O) groups excluding carboxylic acids is 1. The van der Waals surface area contributed by atoms with Crippen LogP contribution < -0.4 is 15.8 Å². The normalized spacial score (nSPS) is 17.1. The molecular formula is C12H16ClN3O3S. The lowest BCUT2D eigenvalue weighted by Crippen LogP contribution is -2.56. The molecule has 0 aliphatic heterocycles. The van der Waals surface area contributed by atoms with Gasteiger partial charge in [0.25, 0.3) is 0 Å². The summed E-state index contributed by atoms with van der Waals surface area (Å²) in [6.07, 6.45) is 3.24. The summed E-state index contributed by atoms with van der Waals surface area (Å²) >= 11 is 5.99. The smallest absolute Gasteiger partial charge is 0.244 e. The molecule has 6 nitrogen and oxygen atoms in total. The second kappa shape index (κ2) is 5.23. The third-order valence-electron chi connectivity index (χ3n) is 3.22. The fourth-order valence-corrected chi connectivity index (χ4v) is 2.65. The number of nitrogens with one attached hydrogen (secondary N) is 2. The van der Waals surface area contributed by atoms with Crippen LogP contribution in [0.15, 0.2) is 18.2 Å². The van der Waals surface area contributed by atoms with Crippen LogP contribution in [0.5, 0.6) is 0 Å². The van der Waals surface area contributed by atoms with Gasteiger partial charge >= 0.3 is 0 Å². The second-order valence-corrected chi connectivity index (χ2v) is 7.19. The van der Waals surface area contributed by atoms with Gasteiger partial charge in [-0.15, -0.1) is 0 Å². The monoisotopic (exact) mass is 317 g/mol. The molecule has 0 atom stereocenters. The van der Waals surface area contributed by atoms with Crippen molar-refractivity contribution in [3.63, 3.8) is 0 Å². The SMILES string of the molecule is CS(=O)(=O)Nc1ccc(Cl)c(NC(=O)C2(N)CCC2)c1. The Kier molecular flexibility index (Phi) is 3.95. The van der Waals surface area contributed by atoms with Crippen molar-refractivity contribution in [2.45, 2.75) is 24.8 Å². The van der Waals surface area contributed by atoms with Gasteiger partial charge < -0.3 is 11.1 Å². The third-order valence-corrected chi connectivity index (χ3v) is 4.15. The number of halogens is 1.